The molecule has 8 rings (SSSR count). The standard InChI is InChI=1S/C19H20ClF3N2O3S.C13H18ClNO2S.C7H5ClO.C6H13NO2S.C5H6N2O2/c20-16-4-2-1-3-14(16)11-25(7-5-13-6-8-29(27,28)12-13)18(26)15-9-17(24-10-15)19(21,22)23;14-13-4-2-1-3-12(13)9-15-7-5-11-6-8-18(16,17)10-11;8-7-4-2-1-3-6(7)5-9;7-3-1-6-2-4-10(8,9)5-6;1-3-2-4(5(8)9)7-6-3/h1-4,9,13H,5-8,10-12H2;1-4,11,15H,5-10H2;1-5H;6H,1-5,7H2;2H,1H3,(H,6,7)(H,8,9). The molecule has 0 aliphatic carbocycles. The first-order chi connectivity index (χ1) is 35.3. The van der Waals surface area contributed by atoms with Gasteiger partial charge in [-0.15, -0.1) is 0 Å². The van der Waals surface area contributed by atoms with Gasteiger partial charge in [0.25, 0.3) is 5.91 Å². The summed E-state index contributed by atoms with van der Waals surface area (Å²) in [6.45, 7) is 3.95. The number of sulfone groups is 3. The van der Waals surface area contributed by atoms with Crippen molar-refractivity contribution in [2.45, 2.75) is 64.7 Å². The zero-order valence-corrected chi connectivity index (χ0v) is 45.9. The highest BCUT2D eigenvalue weighted by atomic mass is 35.5. The van der Waals surface area contributed by atoms with Crippen LogP contribution in [0.15, 0.2) is 95.5 Å². The number of halogens is 6. The summed E-state index contributed by atoms with van der Waals surface area (Å²) in [6.07, 6.45) is 1.31. The highest BCUT2D eigenvalue weighted by molar-refractivity contribution is 7.92. The molecule has 4 aliphatic rings. The van der Waals surface area contributed by atoms with Gasteiger partial charge in [0.2, 0.25) is 0 Å². The summed E-state index contributed by atoms with van der Waals surface area (Å²) in [6, 6.07) is 23.1. The Bertz CT molecular complexity index is 2960. The number of aromatic nitrogens is 2. The fourth-order valence-corrected chi connectivity index (χ4v) is 14.5. The molecule has 0 bridgehead atoms. The highest BCUT2D eigenvalue weighted by Crippen LogP contribution is 2.28. The van der Waals surface area contributed by atoms with Crippen LogP contribution in [0, 0.1) is 24.7 Å². The number of allylic oxidation sites excluding steroid dienone is 1. The number of aliphatic imine (C=N–C) groups is 1. The van der Waals surface area contributed by atoms with Gasteiger partial charge in [0.1, 0.15) is 5.71 Å². The lowest BCUT2D eigenvalue weighted by molar-refractivity contribution is -0.127. The molecule has 75 heavy (non-hydrogen) atoms. The first-order valence-electron chi connectivity index (χ1n) is 23.9. The van der Waals surface area contributed by atoms with Crippen molar-refractivity contribution in [3.8, 4) is 0 Å². The van der Waals surface area contributed by atoms with E-state index in [4.69, 9.17) is 45.6 Å². The smallest absolute Gasteiger partial charge is 0.432 e. The van der Waals surface area contributed by atoms with E-state index in [1.807, 2.05) is 24.3 Å². The van der Waals surface area contributed by atoms with E-state index in [1.54, 1.807) is 55.5 Å². The maximum absolute atomic E-state index is 12.9. The second-order valence-corrected chi connectivity index (χ2v) is 26.2. The molecule has 25 heteroatoms. The van der Waals surface area contributed by atoms with Gasteiger partial charge in [-0.2, -0.15) is 18.3 Å². The Balaban J connectivity index is 0.000000224. The van der Waals surface area contributed by atoms with E-state index in [0.717, 1.165) is 67.4 Å². The lowest BCUT2D eigenvalue weighted by Gasteiger charge is -2.25. The number of rotatable bonds is 15. The molecule has 3 fully saturated rings. The number of nitrogens with two attached hydrogens (primary N) is 1. The molecule has 412 valence electrons. The second-order valence-electron chi connectivity index (χ2n) is 18.3. The van der Waals surface area contributed by atoms with E-state index in [2.05, 4.69) is 20.5 Å². The van der Waals surface area contributed by atoms with Crippen LogP contribution in [0.4, 0.5) is 13.2 Å². The number of alkyl halides is 3. The third-order valence-electron chi connectivity index (χ3n) is 12.2. The molecule has 1 aromatic heterocycles. The van der Waals surface area contributed by atoms with E-state index in [1.165, 1.54) is 11.0 Å². The first-order valence-corrected chi connectivity index (χ1v) is 30.5. The molecule has 5 N–H and O–H groups in total. The largest absolute Gasteiger partial charge is 0.476 e. The number of aldehydes is 1. The van der Waals surface area contributed by atoms with Crippen molar-refractivity contribution in [3.63, 3.8) is 0 Å². The minimum absolute atomic E-state index is 0.0385. The van der Waals surface area contributed by atoms with Crippen molar-refractivity contribution in [3.05, 3.63) is 134 Å². The summed E-state index contributed by atoms with van der Waals surface area (Å²) in [5.74, 6) is 0.720. The van der Waals surface area contributed by atoms with E-state index >= 15 is 0 Å². The number of aromatic amines is 1. The Labute approximate surface area is 451 Å². The Morgan fingerprint density at radius 3 is 1.71 bits per heavy atom. The maximum atomic E-state index is 12.9. The van der Waals surface area contributed by atoms with Crippen LogP contribution in [0.1, 0.15) is 76.2 Å². The number of aromatic carboxylic acids is 1. The summed E-state index contributed by atoms with van der Waals surface area (Å²) < 4.78 is 106. The summed E-state index contributed by atoms with van der Waals surface area (Å²) in [7, 11) is -8.46. The van der Waals surface area contributed by atoms with Crippen LogP contribution >= 0.6 is 34.8 Å². The van der Waals surface area contributed by atoms with Gasteiger partial charge in [-0.3, -0.25) is 19.7 Å². The molecule has 4 aromatic rings. The minimum atomic E-state index is -4.60. The fourth-order valence-electron chi connectivity index (χ4n) is 8.16. The molecule has 5 heterocycles. The molecule has 0 saturated carbocycles. The van der Waals surface area contributed by atoms with E-state index in [9.17, 15) is 52.8 Å². The van der Waals surface area contributed by atoms with Crippen molar-refractivity contribution in [2.75, 3.05) is 60.7 Å². The van der Waals surface area contributed by atoms with Gasteiger partial charge in [0.15, 0.2) is 41.5 Å². The monoisotopic (exact) mass is 1160 g/mol. The molecule has 16 nitrogen and oxygen atoms in total. The van der Waals surface area contributed by atoms with Crippen LogP contribution < -0.4 is 11.1 Å². The number of hydrogen-bond acceptors (Lipinski definition) is 13. The van der Waals surface area contributed by atoms with Gasteiger partial charge >= 0.3 is 12.1 Å². The number of amides is 1. The van der Waals surface area contributed by atoms with Crippen LogP contribution in [-0.4, -0.2) is 136 Å². The number of carboxylic acid groups (broad SMARTS) is 1. The number of carbonyl (C=O) groups excluding carboxylic acids is 2. The topological polar surface area (TPSA) is 256 Å². The highest BCUT2D eigenvalue weighted by Gasteiger charge is 2.38. The third-order valence-corrected chi connectivity index (χ3v) is 18.8. The molecule has 3 saturated heterocycles. The van der Waals surface area contributed by atoms with Gasteiger partial charge in [0.05, 0.1) is 46.1 Å². The fraction of sp³-hybridized carbons (Fsp3) is 0.460. The maximum Gasteiger partial charge on any atom is 0.432 e. The predicted molar refractivity (Wildman–Crippen MR) is 287 cm³/mol. The van der Waals surface area contributed by atoms with Crippen molar-refractivity contribution < 1.29 is 57.9 Å². The number of nitrogens with one attached hydrogen (secondary N) is 2. The molecule has 0 spiro atoms. The van der Waals surface area contributed by atoms with E-state index < -0.39 is 53.3 Å². The number of benzene rings is 3. The Morgan fingerprint density at radius 1 is 0.787 bits per heavy atom. The number of hydrogen-bond donors (Lipinski definition) is 4. The average Bonchev–Trinajstić information content (AvgIpc) is 4.21. The van der Waals surface area contributed by atoms with Crippen LogP contribution in [0.2, 0.25) is 15.1 Å². The number of nitrogens with zero attached hydrogens (tertiary/aromatic N) is 3. The number of carboxylic acids is 1. The van der Waals surface area contributed by atoms with Gasteiger partial charge in [-0.05, 0) is 118 Å². The summed E-state index contributed by atoms with van der Waals surface area (Å²) >= 11 is 17.8. The zero-order valence-electron chi connectivity index (χ0n) is 41.2. The zero-order chi connectivity index (χ0) is 55.4. The molecule has 3 unspecified atom stereocenters. The molecule has 3 atom stereocenters. The summed E-state index contributed by atoms with van der Waals surface area (Å²) in [5, 5.41) is 19.4. The van der Waals surface area contributed by atoms with Gasteiger partial charge in [0, 0.05) is 46.5 Å². The lowest BCUT2D eigenvalue weighted by Crippen LogP contribution is -2.34. The first kappa shape index (κ1) is 62.9. The summed E-state index contributed by atoms with van der Waals surface area (Å²) in [5.41, 5.74) is 7.30. The summed E-state index contributed by atoms with van der Waals surface area (Å²) in [4.78, 5) is 38.0. The van der Waals surface area contributed by atoms with E-state index in [0.29, 0.717) is 75.4 Å². The molecule has 4 aliphatic heterocycles. The van der Waals surface area contributed by atoms with Crippen molar-refractivity contribution in [2.24, 2.45) is 28.5 Å². The van der Waals surface area contributed by atoms with Crippen molar-refractivity contribution in [1.29, 1.82) is 0 Å². The van der Waals surface area contributed by atoms with Gasteiger partial charge in [-0.1, -0.05) is 89.4 Å². The minimum Gasteiger partial charge on any atom is -0.476 e. The van der Waals surface area contributed by atoms with Crippen LogP contribution in [-0.2, 0) is 47.4 Å². The van der Waals surface area contributed by atoms with Crippen LogP contribution in [0.5, 0.6) is 0 Å². The van der Waals surface area contributed by atoms with Crippen molar-refractivity contribution in [1.82, 2.24) is 20.4 Å². The van der Waals surface area contributed by atoms with Gasteiger partial charge < -0.3 is 21.1 Å². The van der Waals surface area contributed by atoms with Gasteiger partial charge in [-0.25, -0.2) is 30.0 Å². The number of carbonyl (C=O) groups is 3. The second kappa shape index (κ2) is 29.7. The Hall–Kier alpha value is -4.68. The molecule has 3 aromatic carbocycles. The quantitative estimate of drug-likeness (QED) is 0.0650. The number of H-pyrrole nitrogens is 1. The number of aryl methyl sites for hydroxylation is 1. The molecule has 0 radical (unpaired) electrons. The lowest BCUT2D eigenvalue weighted by atomic mass is 10.0. The van der Waals surface area contributed by atoms with Crippen LogP contribution in [0.25, 0.3) is 0 Å². The van der Waals surface area contributed by atoms with E-state index in [-0.39, 0.29) is 48.3 Å². The van der Waals surface area contributed by atoms with Crippen LogP contribution in [0.3, 0.4) is 0 Å². The Kier molecular flexibility index (Phi) is 24.9. The predicted octanol–water partition coefficient (Wildman–Crippen LogP) is 8.03. The normalized spacial score (nSPS) is 19.8. The Morgan fingerprint density at radius 2 is 1.29 bits per heavy atom. The average molecular weight is 1170 g/mol. The molecular formula is C50H62Cl3F3N6O10S3. The molecule has 1 amide bonds. The van der Waals surface area contributed by atoms with Crippen molar-refractivity contribution >= 4 is 88.2 Å². The third kappa shape index (κ3) is 22.4. The molecular weight excluding hydrogens is 1100 g/mol. The SMILES string of the molecule is Cc1cc(C(=O)O)n[nH]1.NCCC1CCS(=O)(=O)C1.O=C(C1=CC(C(F)(F)F)=NC1)N(CCC1CCS(=O)(=O)C1)Cc1ccccc1Cl.O=Cc1ccccc1Cl.O=S1(=O)CCC(CCNCc2ccccc2Cl)C1.